The summed E-state index contributed by atoms with van der Waals surface area (Å²) in [6, 6.07) is 12.2. The second-order valence-electron chi connectivity index (χ2n) is 3.05. The van der Waals surface area contributed by atoms with Crippen LogP contribution in [-0.2, 0) is 0 Å². The van der Waals surface area contributed by atoms with Gasteiger partial charge in [0.05, 0.1) is 11.6 Å². The number of pyridine rings is 1. The highest BCUT2D eigenvalue weighted by Gasteiger charge is 1.99. The fourth-order valence-corrected chi connectivity index (χ4v) is 1.28. The Kier molecular flexibility index (Phi) is 3.04. The van der Waals surface area contributed by atoms with Gasteiger partial charge in [-0.05, 0) is 30.3 Å². The Morgan fingerprint density at radius 3 is 2.62 bits per heavy atom. The summed E-state index contributed by atoms with van der Waals surface area (Å²) in [5.41, 5.74) is 0.513. The Bertz CT molecular complexity index is 531. The first-order valence-electron chi connectivity index (χ1n) is 4.57. The monoisotopic (exact) mass is 230 g/mol. The maximum Gasteiger partial charge on any atom is 0.220 e. The van der Waals surface area contributed by atoms with Crippen LogP contribution < -0.4 is 4.74 Å². The standard InChI is InChI=1S/C12H7ClN2O/c13-10-1-3-11(4-2-10)16-12-7-9(8-14)5-6-15-12/h1-7H. The van der Waals surface area contributed by atoms with Crippen molar-refractivity contribution in [2.24, 2.45) is 0 Å². The molecule has 0 amide bonds. The molecule has 0 spiro atoms. The number of aromatic nitrogens is 1. The number of nitrogens with zero attached hydrogens (tertiary/aromatic N) is 2. The fraction of sp³-hybridized carbons (Fsp3) is 0. The minimum Gasteiger partial charge on any atom is -0.439 e. The second kappa shape index (κ2) is 4.65. The van der Waals surface area contributed by atoms with Gasteiger partial charge in [-0.2, -0.15) is 5.26 Å². The molecule has 0 unspecified atom stereocenters. The van der Waals surface area contributed by atoms with Crippen LogP contribution in [0.1, 0.15) is 5.56 Å². The molecular formula is C12H7ClN2O. The first-order chi connectivity index (χ1) is 7.78. The van der Waals surface area contributed by atoms with Crippen molar-refractivity contribution in [3.05, 3.63) is 53.2 Å². The molecule has 1 aromatic carbocycles. The molecule has 0 saturated carbocycles. The van der Waals surface area contributed by atoms with Crippen molar-refractivity contribution in [1.82, 2.24) is 4.98 Å². The SMILES string of the molecule is N#Cc1ccnc(Oc2ccc(Cl)cc2)c1. The molecule has 0 aliphatic carbocycles. The van der Waals surface area contributed by atoms with Crippen LogP contribution >= 0.6 is 11.6 Å². The van der Waals surface area contributed by atoms with E-state index < -0.39 is 0 Å². The molecule has 2 rings (SSSR count). The molecule has 0 aliphatic heterocycles. The number of benzene rings is 1. The molecule has 0 radical (unpaired) electrons. The van der Waals surface area contributed by atoms with E-state index in [2.05, 4.69) is 4.98 Å². The number of nitriles is 1. The lowest BCUT2D eigenvalue weighted by atomic mass is 10.3. The first-order valence-corrected chi connectivity index (χ1v) is 4.95. The van der Waals surface area contributed by atoms with Gasteiger partial charge in [-0.25, -0.2) is 4.98 Å². The zero-order chi connectivity index (χ0) is 11.4. The number of halogens is 1. The normalized spacial score (nSPS) is 9.50. The zero-order valence-electron chi connectivity index (χ0n) is 8.22. The Hall–Kier alpha value is -2.05. The van der Waals surface area contributed by atoms with E-state index in [0.29, 0.717) is 22.2 Å². The summed E-state index contributed by atoms with van der Waals surface area (Å²) in [7, 11) is 0. The predicted molar refractivity (Wildman–Crippen MR) is 60.5 cm³/mol. The van der Waals surface area contributed by atoms with Crippen molar-refractivity contribution < 1.29 is 4.74 Å². The number of rotatable bonds is 2. The van der Waals surface area contributed by atoms with Crippen molar-refractivity contribution >= 4 is 11.6 Å². The zero-order valence-corrected chi connectivity index (χ0v) is 8.98. The molecule has 16 heavy (non-hydrogen) atoms. The van der Waals surface area contributed by atoms with Gasteiger partial charge in [0.15, 0.2) is 0 Å². The topological polar surface area (TPSA) is 45.9 Å². The lowest BCUT2D eigenvalue weighted by molar-refractivity contribution is 0.463. The summed E-state index contributed by atoms with van der Waals surface area (Å²) in [6.45, 7) is 0. The Morgan fingerprint density at radius 1 is 1.19 bits per heavy atom. The maximum atomic E-state index is 8.71. The molecule has 1 heterocycles. The fourth-order valence-electron chi connectivity index (χ4n) is 1.16. The van der Waals surface area contributed by atoms with E-state index in [-0.39, 0.29) is 0 Å². The van der Waals surface area contributed by atoms with Crippen LogP contribution in [0.2, 0.25) is 5.02 Å². The van der Waals surface area contributed by atoms with Gasteiger partial charge in [0, 0.05) is 17.3 Å². The van der Waals surface area contributed by atoms with Gasteiger partial charge in [-0.15, -0.1) is 0 Å². The third-order valence-corrected chi connectivity index (χ3v) is 2.15. The van der Waals surface area contributed by atoms with Gasteiger partial charge < -0.3 is 4.74 Å². The molecule has 0 aliphatic rings. The molecule has 1 aromatic heterocycles. The number of hydrogen-bond acceptors (Lipinski definition) is 3. The van der Waals surface area contributed by atoms with Gasteiger partial charge in [0.2, 0.25) is 5.88 Å². The highest BCUT2D eigenvalue weighted by atomic mass is 35.5. The summed E-state index contributed by atoms with van der Waals surface area (Å²) in [5, 5.41) is 9.36. The van der Waals surface area contributed by atoms with E-state index in [0.717, 1.165) is 0 Å². The van der Waals surface area contributed by atoms with Crippen LogP contribution in [0.15, 0.2) is 42.6 Å². The van der Waals surface area contributed by atoms with Gasteiger partial charge in [0.25, 0.3) is 0 Å². The maximum absolute atomic E-state index is 8.71. The van der Waals surface area contributed by atoms with Gasteiger partial charge in [0.1, 0.15) is 5.75 Å². The smallest absolute Gasteiger partial charge is 0.220 e. The van der Waals surface area contributed by atoms with Crippen molar-refractivity contribution in [2.45, 2.75) is 0 Å². The molecule has 0 bridgehead atoms. The van der Waals surface area contributed by atoms with E-state index in [4.69, 9.17) is 21.6 Å². The Labute approximate surface area is 97.9 Å². The van der Waals surface area contributed by atoms with E-state index in [9.17, 15) is 0 Å². The van der Waals surface area contributed by atoms with E-state index >= 15 is 0 Å². The predicted octanol–water partition coefficient (Wildman–Crippen LogP) is 3.40. The molecule has 0 atom stereocenters. The van der Waals surface area contributed by atoms with Crippen molar-refractivity contribution in [3.8, 4) is 17.7 Å². The molecule has 4 heteroatoms. The largest absolute Gasteiger partial charge is 0.439 e. The molecule has 2 aromatic rings. The van der Waals surface area contributed by atoms with Gasteiger partial charge in [-0.1, -0.05) is 11.6 Å². The highest BCUT2D eigenvalue weighted by Crippen LogP contribution is 2.21. The summed E-state index contributed by atoms with van der Waals surface area (Å²) in [5.74, 6) is 1.02. The first kappa shape index (κ1) is 10.5. The lowest BCUT2D eigenvalue weighted by Crippen LogP contribution is -1.88. The molecule has 0 saturated heterocycles. The van der Waals surface area contributed by atoms with Gasteiger partial charge >= 0.3 is 0 Å². The summed E-state index contributed by atoms with van der Waals surface area (Å²) >= 11 is 5.75. The van der Waals surface area contributed by atoms with Crippen LogP contribution in [0.3, 0.4) is 0 Å². The second-order valence-corrected chi connectivity index (χ2v) is 3.49. The third-order valence-electron chi connectivity index (χ3n) is 1.90. The number of ether oxygens (including phenoxy) is 1. The van der Waals surface area contributed by atoms with E-state index in [1.807, 2.05) is 6.07 Å². The highest BCUT2D eigenvalue weighted by molar-refractivity contribution is 6.30. The van der Waals surface area contributed by atoms with Crippen LogP contribution in [-0.4, -0.2) is 4.98 Å². The summed E-state index contributed by atoms with van der Waals surface area (Å²) in [6.07, 6.45) is 1.53. The van der Waals surface area contributed by atoms with Crippen LogP contribution in [0.5, 0.6) is 11.6 Å². The van der Waals surface area contributed by atoms with E-state index in [1.165, 1.54) is 6.20 Å². The van der Waals surface area contributed by atoms with Crippen molar-refractivity contribution in [1.29, 1.82) is 5.26 Å². The average Bonchev–Trinajstić information content (AvgIpc) is 2.32. The quantitative estimate of drug-likeness (QED) is 0.794. The van der Waals surface area contributed by atoms with Crippen molar-refractivity contribution in [2.75, 3.05) is 0 Å². The van der Waals surface area contributed by atoms with Crippen LogP contribution in [0, 0.1) is 11.3 Å². The van der Waals surface area contributed by atoms with Crippen molar-refractivity contribution in [3.63, 3.8) is 0 Å². The molecule has 3 nitrogen and oxygen atoms in total. The van der Waals surface area contributed by atoms with E-state index in [1.54, 1.807) is 36.4 Å². The Balaban J connectivity index is 2.21. The Morgan fingerprint density at radius 2 is 1.94 bits per heavy atom. The number of hydrogen-bond donors (Lipinski definition) is 0. The molecular weight excluding hydrogens is 224 g/mol. The average molecular weight is 231 g/mol. The third kappa shape index (κ3) is 2.50. The molecule has 0 fully saturated rings. The molecule has 0 N–H and O–H groups in total. The summed E-state index contributed by atoms with van der Waals surface area (Å²) in [4.78, 5) is 4.00. The summed E-state index contributed by atoms with van der Waals surface area (Å²) < 4.78 is 5.45. The minimum atomic E-state index is 0.390. The van der Waals surface area contributed by atoms with Crippen LogP contribution in [0.4, 0.5) is 0 Å². The van der Waals surface area contributed by atoms with Crippen LogP contribution in [0.25, 0.3) is 0 Å². The van der Waals surface area contributed by atoms with Gasteiger partial charge in [-0.3, -0.25) is 0 Å². The lowest BCUT2D eigenvalue weighted by Gasteiger charge is -2.04. The molecule has 78 valence electrons. The minimum absolute atomic E-state index is 0.390.